The maximum Gasteiger partial charge on any atom is 0.247 e. The lowest BCUT2D eigenvalue weighted by molar-refractivity contribution is -0.488. The summed E-state index contributed by atoms with van der Waals surface area (Å²) in [5, 5.41) is 14.5. The molecule has 0 bridgehead atoms. The highest BCUT2D eigenvalue weighted by Crippen LogP contribution is 2.12. The number of aromatic nitrogens is 2. The monoisotopic (exact) mass is 239 g/mol. The fourth-order valence-electron chi connectivity index (χ4n) is 1.76. The predicted octanol–water partition coefficient (Wildman–Crippen LogP) is 1.83. The molecule has 0 saturated carbocycles. The van der Waals surface area contributed by atoms with Gasteiger partial charge in [0.25, 0.3) is 0 Å². The van der Waals surface area contributed by atoms with Crippen LogP contribution >= 0.6 is 0 Å². The number of hydrogen-bond acceptors (Lipinski definition) is 4. The standard InChI is InChI=1S/C11H17N3O3/c1-4-10(7-13(16)17)6-11(15)14-9(3)5-8(2)12-14/h5,10H,4,6-7H2,1-3H3. The molecule has 0 aliphatic heterocycles. The van der Waals surface area contributed by atoms with Gasteiger partial charge in [0.2, 0.25) is 12.5 Å². The van der Waals surface area contributed by atoms with Crippen molar-refractivity contribution < 1.29 is 9.72 Å². The lowest BCUT2D eigenvalue weighted by Gasteiger charge is -2.09. The molecule has 0 N–H and O–H groups in total. The third-order valence-electron chi connectivity index (χ3n) is 2.69. The molecule has 0 amide bonds. The van der Waals surface area contributed by atoms with Crippen LogP contribution in [0.2, 0.25) is 0 Å². The normalized spacial score (nSPS) is 12.4. The lowest BCUT2D eigenvalue weighted by Crippen LogP contribution is -2.22. The molecule has 1 heterocycles. The van der Waals surface area contributed by atoms with E-state index in [4.69, 9.17) is 0 Å². The quantitative estimate of drug-likeness (QED) is 0.580. The molecule has 1 rings (SSSR count). The Kier molecular flexibility index (Phi) is 4.37. The van der Waals surface area contributed by atoms with Crippen LogP contribution in [0, 0.1) is 29.9 Å². The molecular weight excluding hydrogens is 222 g/mol. The zero-order chi connectivity index (χ0) is 13.0. The number of rotatable bonds is 5. The molecule has 0 saturated heterocycles. The highest BCUT2D eigenvalue weighted by Gasteiger charge is 2.20. The Labute approximate surface area is 99.8 Å². The molecule has 6 heteroatoms. The largest absolute Gasteiger partial charge is 0.273 e. The molecule has 94 valence electrons. The number of nitro groups is 1. The average molecular weight is 239 g/mol. The van der Waals surface area contributed by atoms with E-state index in [1.165, 1.54) is 4.68 Å². The highest BCUT2D eigenvalue weighted by molar-refractivity contribution is 5.78. The van der Waals surface area contributed by atoms with Gasteiger partial charge >= 0.3 is 0 Å². The van der Waals surface area contributed by atoms with Crippen LogP contribution in [0.3, 0.4) is 0 Å². The van der Waals surface area contributed by atoms with Crippen molar-refractivity contribution in [3.63, 3.8) is 0 Å². The minimum atomic E-state index is -0.372. The topological polar surface area (TPSA) is 78.0 Å². The summed E-state index contributed by atoms with van der Waals surface area (Å²) in [5.41, 5.74) is 1.54. The van der Waals surface area contributed by atoms with Gasteiger partial charge in [0.05, 0.1) is 5.69 Å². The Balaban J connectivity index is 2.70. The Morgan fingerprint density at radius 3 is 2.65 bits per heavy atom. The second kappa shape index (κ2) is 5.56. The number of hydrogen-bond donors (Lipinski definition) is 0. The van der Waals surface area contributed by atoms with Crippen LogP contribution in [-0.2, 0) is 0 Å². The first-order valence-corrected chi connectivity index (χ1v) is 5.62. The van der Waals surface area contributed by atoms with E-state index in [1.54, 1.807) is 6.92 Å². The van der Waals surface area contributed by atoms with E-state index in [0.29, 0.717) is 6.42 Å². The van der Waals surface area contributed by atoms with Crippen LogP contribution in [0.1, 0.15) is 35.9 Å². The second-order valence-corrected chi connectivity index (χ2v) is 4.23. The number of carbonyl (C=O) groups excluding carboxylic acids is 1. The van der Waals surface area contributed by atoms with Gasteiger partial charge in [-0.3, -0.25) is 14.9 Å². The lowest BCUT2D eigenvalue weighted by atomic mass is 10.0. The first-order valence-electron chi connectivity index (χ1n) is 5.62. The van der Waals surface area contributed by atoms with E-state index < -0.39 is 0 Å². The Morgan fingerprint density at radius 1 is 1.59 bits per heavy atom. The van der Waals surface area contributed by atoms with Crippen LogP contribution in [0.5, 0.6) is 0 Å². The summed E-state index contributed by atoms with van der Waals surface area (Å²) in [6.45, 7) is 5.29. The van der Waals surface area contributed by atoms with E-state index in [9.17, 15) is 14.9 Å². The van der Waals surface area contributed by atoms with Gasteiger partial charge in [-0.1, -0.05) is 6.92 Å². The SMILES string of the molecule is CCC(CC(=O)n1nc(C)cc1C)C[N+](=O)[O-]. The van der Waals surface area contributed by atoms with Crippen LogP contribution in [0.4, 0.5) is 0 Å². The van der Waals surface area contributed by atoms with Gasteiger partial charge < -0.3 is 0 Å². The summed E-state index contributed by atoms with van der Waals surface area (Å²) in [7, 11) is 0. The van der Waals surface area contributed by atoms with Gasteiger partial charge in [0.15, 0.2) is 0 Å². The van der Waals surface area contributed by atoms with Gasteiger partial charge in [0.1, 0.15) is 0 Å². The third kappa shape index (κ3) is 3.65. The molecule has 0 aliphatic carbocycles. The average Bonchev–Trinajstić information content (AvgIpc) is 2.56. The van der Waals surface area contributed by atoms with Gasteiger partial charge in [0, 0.05) is 23.0 Å². The maximum absolute atomic E-state index is 11.9. The molecule has 6 nitrogen and oxygen atoms in total. The zero-order valence-corrected chi connectivity index (χ0v) is 10.3. The number of aryl methyl sites for hydroxylation is 2. The molecule has 0 radical (unpaired) electrons. The zero-order valence-electron chi connectivity index (χ0n) is 10.3. The van der Waals surface area contributed by atoms with Crippen LogP contribution in [-0.4, -0.2) is 27.2 Å². The molecule has 17 heavy (non-hydrogen) atoms. The van der Waals surface area contributed by atoms with E-state index >= 15 is 0 Å². The maximum atomic E-state index is 11.9. The van der Waals surface area contributed by atoms with E-state index in [1.807, 2.05) is 19.9 Å². The van der Waals surface area contributed by atoms with Crippen molar-refractivity contribution in [2.24, 2.45) is 5.92 Å². The van der Waals surface area contributed by atoms with Crippen LogP contribution < -0.4 is 0 Å². The van der Waals surface area contributed by atoms with Gasteiger partial charge in [-0.25, -0.2) is 4.68 Å². The third-order valence-corrected chi connectivity index (χ3v) is 2.69. The van der Waals surface area contributed by atoms with E-state index in [2.05, 4.69) is 5.10 Å². The Bertz CT molecular complexity index is 426. The number of carbonyl (C=O) groups is 1. The fourth-order valence-corrected chi connectivity index (χ4v) is 1.76. The first-order chi connectivity index (χ1) is 7.93. The van der Waals surface area contributed by atoms with Gasteiger partial charge in [-0.2, -0.15) is 5.10 Å². The molecule has 0 spiro atoms. The van der Waals surface area contributed by atoms with Crippen LogP contribution in [0.15, 0.2) is 6.07 Å². The predicted molar refractivity (Wildman–Crippen MR) is 62.6 cm³/mol. The summed E-state index contributed by atoms with van der Waals surface area (Å²) in [5.74, 6) is -0.397. The van der Waals surface area contributed by atoms with E-state index in [-0.39, 0.29) is 29.7 Å². The van der Waals surface area contributed by atoms with Crippen molar-refractivity contribution in [3.8, 4) is 0 Å². The van der Waals surface area contributed by atoms with Gasteiger partial charge in [-0.05, 0) is 26.3 Å². The molecule has 1 aromatic rings. The fraction of sp³-hybridized carbons (Fsp3) is 0.636. The number of nitrogens with zero attached hydrogens (tertiary/aromatic N) is 3. The molecule has 0 aromatic carbocycles. The molecule has 1 aromatic heterocycles. The van der Waals surface area contributed by atoms with Crippen molar-refractivity contribution in [3.05, 3.63) is 27.6 Å². The van der Waals surface area contributed by atoms with Crippen molar-refractivity contribution in [2.75, 3.05) is 6.54 Å². The Morgan fingerprint density at radius 2 is 2.24 bits per heavy atom. The summed E-state index contributed by atoms with van der Waals surface area (Å²) in [6, 6.07) is 1.81. The van der Waals surface area contributed by atoms with Crippen molar-refractivity contribution >= 4 is 5.91 Å². The minimum absolute atomic E-state index is 0.165. The Hall–Kier alpha value is -1.72. The van der Waals surface area contributed by atoms with E-state index in [0.717, 1.165) is 11.4 Å². The first kappa shape index (κ1) is 13.3. The van der Waals surface area contributed by atoms with Crippen LogP contribution in [0.25, 0.3) is 0 Å². The van der Waals surface area contributed by atoms with Crippen molar-refractivity contribution in [2.45, 2.75) is 33.6 Å². The highest BCUT2D eigenvalue weighted by atomic mass is 16.6. The van der Waals surface area contributed by atoms with Gasteiger partial charge in [-0.15, -0.1) is 0 Å². The van der Waals surface area contributed by atoms with Crippen molar-refractivity contribution in [1.82, 2.24) is 9.78 Å². The second-order valence-electron chi connectivity index (χ2n) is 4.23. The smallest absolute Gasteiger partial charge is 0.247 e. The summed E-state index contributed by atoms with van der Waals surface area (Å²) in [4.78, 5) is 22.0. The summed E-state index contributed by atoms with van der Waals surface area (Å²) >= 11 is 0. The van der Waals surface area contributed by atoms with Crippen molar-refractivity contribution in [1.29, 1.82) is 0 Å². The molecule has 1 unspecified atom stereocenters. The molecular formula is C11H17N3O3. The summed E-state index contributed by atoms with van der Waals surface area (Å²) in [6.07, 6.45) is 0.783. The molecule has 0 aliphatic rings. The molecule has 1 atom stereocenters. The summed E-state index contributed by atoms with van der Waals surface area (Å²) < 4.78 is 1.33. The minimum Gasteiger partial charge on any atom is -0.273 e. The molecule has 0 fully saturated rings.